The molecule has 6 heteroatoms. The van der Waals surface area contributed by atoms with Crippen molar-refractivity contribution in [3.8, 4) is 0 Å². The molecule has 2 rings (SSSR count). The minimum absolute atomic E-state index is 0.0341. The summed E-state index contributed by atoms with van der Waals surface area (Å²) in [6, 6.07) is 7.11. The van der Waals surface area contributed by atoms with Gasteiger partial charge in [-0.15, -0.1) is 0 Å². The zero-order valence-corrected chi connectivity index (χ0v) is 12.9. The molecule has 3 N–H and O–H groups in total. The number of benzene rings is 1. The molecule has 1 aliphatic rings. The molecule has 120 valence electrons. The van der Waals surface area contributed by atoms with Crippen LogP contribution in [0.4, 0.5) is 11.4 Å². The van der Waals surface area contributed by atoms with E-state index < -0.39 is 0 Å². The Bertz CT molecular complexity index is 525. The lowest BCUT2D eigenvalue weighted by Crippen LogP contribution is -2.41. The number of nitrogens with zero attached hydrogens (tertiary/aromatic N) is 1. The zero-order valence-electron chi connectivity index (χ0n) is 12.9. The first-order chi connectivity index (χ1) is 10.6. The Hall–Kier alpha value is -2.08. The van der Waals surface area contributed by atoms with E-state index in [1.807, 2.05) is 6.92 Å². The summed E-state index contributed by atoms with van der Waals surface area (Å²) in [6.07, 6.45) is 1.48. The smallest absolute Gasteiger partial charge is 0.309 e. The molecule has 0 atom stereocenters. The minimum atomic E-state index is -0.119. The SMILES string of the molecule is CCOC(=O)C1CCN(CC(=O)Nc2cccc(N)c2)CC1. The highest BCUT2D eigenvalue weighted by atomic mass is 16.5. The van der Waals surface area contributed by atoms with Crippen molar-refractivity contribution in [1.82, 2.24) is 4.90 Å². The predicted octanol–water partition coefficient (Wildman–Crippen LogP) is 1.48. The van der Waals surface area contributed by atoms with E-state index in [2.05, 4.69) is 10.2 Å². The van der Waals surface area contributed by atoms with Crippen molar-refractivity contribution in [3.63, 3.8) is 0 Å². The molecule has 1 heterocycles. The summed E-state index contributed by atoms with van der Waals surface area (Å²) in [5.74, 6) is -0.222. The maximum Gasteiger partial charge on any atom is 0.309 e. The van der Waals surface area contributed by atoms with Gasteiger partial charge >= 0.3 is 5.97 Å². The van der Waals surface area contributed by atoms with Gasteiger partial charge in [-0.05, 0) is 51.1 Å². The summed E-state index contributed by atoms with van der Waals surface area (Å²) in [5.41, 5.74) is 7.00. The van der Waals surface area contributed by atoms with Crippen molar-refractivity contribution in [2.75, 3.05) is 37.3 Å². The summed E-state index contributed by atoms with van der Waals surface area (Å²) >= 11 is 0. The molecular formula is C16H23N3O3. The Morgan fingerprint density at radius 3 is 2.73 bits per heavy atom. The van der Waals surface area contributed by atoms with Crippen molar-refractivity contribution in [1.29, 1.82) is 0 Å². The van der Waals surface area contributed by atoms with Crippen LogP contribution in [0.5, 0.6) is 0 Å². The van der Waals surface area contributed by atoms with Gasteiger partial charge in [-0.2, -0.15) is 0 Å². The van der Waals surface area contributed by atoms with Crippen LogP contribution in [0.25, 0.3) is 0 Å². The van der Waals surface area contributed by atoms with Crippen LogP contribution in [-0.2, 0) is 14.3 Å². The summed E-state index contributed by atoms with van der Waals surface area (Å²) < 4.78 is 5.04. The van der Waals surface area contributed by atoms with E-state index in [-0.39, 0.29) is 17.8 Å². The fourth-order valence-corrected chi connectivity index (χ4v) is 2.61. The molecule has 1 fully saturated rings. The Morgan fingerprint density at radius 1 is 1.36 bits per heavy atom. The van der Waals surface area contributed by atoms with Crippen LogP contribution in [0.1, 0.15) is 19.8 Å². The second kappa shape index (κ2) is 7.79. The Labute approximate surface area is 130 Å². The molecule has 1 amide bonds. The quantitative estimate of drug-likeness (QED) is 0.636. The van der Waals surface area contributed by atoms with Gasteiger partial charge in [0.1, 0.15) is 0 Å². The zero-order chi connectivity index (χ0) is 15.9. The lowest BCUT2D eigenvalue weighted by Gasteiger charge is -2.30. The van der Waals surface area contributed by atoms with Gasteiger partial charge in [-0.1, -0.05) is 6.07 Å². The van der Waals surface area contributed by atoms with Gasteiger partial charge in [0, 0.05) is 11.4 Å². The van der Waals surface area contributed by atoms with Gasteiger partial charge in [-0.25, -0.2) is 0 Å². The van der Waals surface area contributed by atoms with Crippen LogP contribution >= 0.6 is 0 Å². The van der Waals surface area contributed by atoms with E-state index in [1.54, 1.807) is 24.3 Å². The third kappa shape index (κ3) is 4.73. The molecular weight excluding hydrogens is 282 g/mol. The summed E-state index contributed by atoms with van der Waals surface area (Å²) in [4.78, 5) is 25.7. The Morgan fingerprint density at radius 2 is 2.09 bits per heavy atom. The second-order valence-electron chi connectivity index (χ2n) is 5.48. The number of amides is 1. The van der Waals surface area contributed by atoms with Gasteiger partial charge in [0.2, 0.25) is 5.91 Å². The minimum Gasteiger partial charge on any atom is -0.466 e. The van der Waals surface area contributed by atoms with Crippen LogP contribution in [0.3, 0.4) is 0 Å². The highest BCUT2D eigenvalue weighted by molar-refractivity contribution is 5.92. The molecule has 22 heavy (non-hydrogen) atoms. The highest BCUT2D eigenvalue weighted by Gasteiger charge is 2.26. The number of ether oxygens (including phenoxy) is 1. The van der Waals surface area contributed by atoms with E-state index in [4.69, 9.17) is 10.5 Å². The summed E-state index contributed by atoms with van der Waals surface area (Å²) in [7, 11) is 0. The monoisotopic (exact) mass is 305 g/mol. The second-order valence-corrected chi connectivity index (χ2v) is 5.48. The molecule has 1 aliphatic heterocycles. The molecule has 0 bridgehead atoms. The third-order valence-electron chi connectivity index (χ3n) is 3.75. The van der Waals surface area contributed by atoms with Gasteiger partial charge in [0.25, 0.3) is 0 Å². The van der Waals surface area contributed by atoms with Crippen LogP contribution < -0.4 is 11.1 Å². The number of nitrogens with two attached hydrogens (primary N) is 1. The Balaban J connectivity index is 1.76. The van der Waals surface area contributed by atoms with Crippen molar-refractivity contribution in [2.45, 2.75) is 19.8 Å². The third-order valence-corrected chi connectivity index (χ3v) is 3.75. The van der Waals surface area contributed by atoms with Gasteiger partial charge in [0.15, 0.2) is 0 Å². The summed E-state index contributed by atoms with van der Waals surface area (Å²) in [5, 5.41) is 2.83. The molecule has 0 unspecified atom stereocenters. The number of carbonyl (C=O) groups is 2. The van der Waals surface area contributed by atoms with E-state index in [0.29, 0.717) is 24.5 Å². The van der Waals surface area contributed by atoms with Crippen LogP contribution in [0.15, 0.2) is 24.3 Å². The number of likely N-dealkylation sites (tertiary alicyclic amines) is 1. The van der Waals surface area contributed by atoms with Crippen molar-refractivity contribution >= 4 is 23.3 Å². The normalized spacial score (nSPS) is 16.2. The largest absolute Gasteiger partial charge is 0.466 e. The van der Waals surface area contributed by atoms with Crippen molar-refractivity contribution < 1.29 is 14.3 Å². The van der Waals surface area contributed by atoms with Crippen LogP contribution in [0.2, 0.25) is 0 Å². The number of piperidine rings is 1. The van der Waals surface area contributed by atoms with Gasteiger partial charge in [0.05, 0.1) is 19.1 Å². The predicted molar refractivity (Wildman–Crippen MR) is 85.3 cm³/mol. The Kier molecular flexibility index (Phi) is 5.77. The lowest BCUT2D eigenvalue weighted by molar-refractivity contribution is -0.149. The molecule has 1 aromatic rings. The van der Waals surface area contributed by atoms with Crippen molar-refractivity contribution in [2.24, 2.45) is 5.92 Å². The van der Waals surface area contributed by atoms with E-state index >= 15 is 0 Å². The fourth-order valence-electron chi connectivity index (χ4n) is 2.61. The highest BCUT2D eigenvalue weighted by Crippen LogP contribution is 2.18. The molecule has 0 saturated carbocycles. The summed E-state index contributed by atoms with van der Waals surface area (Å²) in [6.45, 7) is 4.02. The first-order valence-electron chi connectivity index (χ1n) is 7.63. The molecule has 0 spiro atoms. The average Bonchev–Trinajstić information content (AvgIpc) is 2.48. The lowest BCUT2D eigenvalue weighted by atomic mass is 9.97. The molecule has 0 aromatic heterocycles. The number of nitrogen functional groups attached to an aromatic ring is 1. The number of carbonyl (C=O) groups excluding carboxylic acids is 2. The van der Waals surface area contributed by atoms with E-state index in [9.17, 15) is 9.59 Å². The molecule has 1 aromatic carbocycles. The number of hydrogen-bond donors (Lipinski definition) is 2. The molecule has 6 nitrogen and oxygen atoms in total. The van der Waals surface area contributed by atoms with Crippen molar-refractivity contribution in [3.05, 3.63) is 24.3 Å². The topological polar surface area (TPSA) is 84.7 Å². The molecule has 0 radical (unpaired) electrons. The first kappa shape index (κ1) is 16.3. The fraction of sp³-hybridized carbons (Fsp3) is 0.500. The van der Waals surface area contributed by atoms with E-state index in [0.717, 1.165) is 25.9 Å². The van der Waals surface area contributed by atoms with E-state index in [1.165, 1.54) is 0 Å². The number of esters is 1. The van der Waals surface area contributed by atoms with Crippen LogP contribution in [-0.4, -0.2) is 43.0 Å². The standard InChI is InChI=1S/C16H23N3O3/c1-2-22-16(21)12-6-8-19(9-7-12)11-15(20)18-14-5-3-4-13(17)10-14/h3-5,10,12H,2,6-9,11,17H2,1H3,(H,18,20). The number of nitrogens with one attached hydrogen (secondary N) is 1. The maximum atomic E-state index is 12.0. The number of rotatable bonds is 5. The first-order valence-corrected chi connectivity index (χ1v) is 7.63. The number of hydrogen-bond acceptors (Lipinski definition) is 5. The van der Waals surface area contributed by atoms with Gasteiger partial charge in [-0.3, -0.25) is 14.5 Å². The molecule has 1 saturated heterocycles. The maximum absolute atomic E-state index is 12.0. The number of anilines is 2. The van der Waals surface area contributed by atoms with Crippen LogP contribution in [0, 0.1) is 5.92 Å². The molecule has 0 aliphatic carbocycles. The average molecular weight is 305 g/mol. The van der Waals surface area contributed by atoms with Gasteiger partial charge < -0.3 is 15.8 Å².